The summed E-state index contributed by atoms with van der Waals surface area (Å²) in [6, 6.07) is 9.80. The lowest BCUT2D eigenvalue weighted by Gasteiger charge is -2.37. The molecule has 0 amide bonds. The topological polar surface area (TPSA) is 3.24 Å². The monoisotopic (exact) mass is 401 g/mol. The van der Waals surface area contributed by atoms with Crippen LogP contribution < -0.4 is 4.90 Å². The Morgan fingerprint density at radius 2 is 1.27 bits per heavy atom. The lowest BCUT2D eigenvalue weighted by Crippen LogP contribution is -2.34. The van der Waals surface area contributed by atoms with E-state index in [9.17, 15) is 0 Å². The molecule has 0 bridgehead atoms. The second-order valence-corrected chi connectivity index (χ2v) is 9.39. The Morgan fingerprint density at radius 1 is 0.767 bits per heavy atom. The van der Waals surface area contributed by atoms with E-state index >= 15 is 0 Å². The van der Waals surface area contributed by atoms with Gasteiger partial charge in [-0.15, -0.1) is 0 Å². The van der Waals surface area contributed by atoms with Crippen molar-refractivity contribution in [2.75, 3.05) is 18.0 Å². The zero-order valence-corrected chi connectivity index (χ0v) is 19.4. The van der Waals surface area contributed by atoms with Gasteiger partial charge in [-0.1, -0.05) is 51.0 Å². The van der Waals surface area contributed by atoms with Gasteiger partial charge < -0.3 is 4.90 Å². The highest BCUT2D eigenvalue weighted by molar-refractivity contribution is 5.74. The van der Waals surface area contributed by atoms with E-state index in [1.54, 1.807) is 27.9 Å². The maximum absolute atomic E-state index is 2.63. The summed E-state index contributed by atoms with van der Waals surface area (Å²) >= 11 is 0. The first-order valence-electron chi connectivity index (χ1n) is 12.4. The van der Waals surface area contributed by atoms with Crippen LogP contribution >= 0.6 is 0 Å². The highest BCUT2D eigenvalue weighted by Crippen LogP contribution is 2.36. The molecule has 0 unspecified atom stereocenters. The summed E-state index contributed by atoms with van der Waals surface area (Å²) < 4.78 is 0. The molecule has 0 N–H and O–H groups in total. The van der Waals surface area contributed by atoms with Gasteiger partial charge in [-0.3, -0.25) is 0 Å². The number of unbranched alkanes of at least 4 members (excludes halogenated alkanes) is 2. The minimum Gasteiger partial charge on any atom is -0.371 e. The van der Waals surface area contributed by atoms with E-state index in [1.165, 1.54) is 94.0 Å². The number of hydrogen-bond acceptors (Lipinski definition) is 1. The predicted molar refractivity (Wildman–Crippen MR) is 133 cm³/mol. The van der Waals surface area contributed by atoms with Crippen LogP contribution in [0.2, 0.25) is 0 Å². The molecule has 1 heteroatoms. The average Bonchev–Trinajstić information content (AvgIpc) is 2.77. The molecule has 0 saturated carbocycles. The second kappa shape index (κ2) is 9.86. The molecule has 2 aliphatic heterocycles. The number of rotatable bonds is 8. The lowest BCUT2D eigenvalue weighted by molar-refractivity contribution is 0.634. The molecule has 30 heavy (non-hydrogen) atoms. The maximum Gasteiger partial charge on any atom is 0.0431 e. The summed E-state index contributed by atoms with van der Waals surface area (Å²) in [5.74, 6) is 0. The first-order valence-corrected chi connectivity index (χ1v) is 12.4. The van der Waals surface area contributed by atoms with Crippen LogP contribution in [0, 0.1) is 6.92 Å². The van der Waals surface area contributed by atoms with Crippen LogP contribution in [0.4, 0.5) is 5.69 Å². The molecule has 0 aliphatic carbocycles. The third kappa shape index (κ3) is 4.66. The Morgan fingerprint density at radius 3 is 1.77 bits per heavy atom. The van der Waals surface area contributed by atoms with Crippen LogP contribution in [0.1, 0.15) is 91.3 Å². The molecule has 4 rings (SSSR count). The fraction of sp³-hybridized carbons (Fsp3) is 0.517. The maximum atomic E-state index is 2.63. The van der Waals surface area contributed by atoms with Gasteiger partial charge in [-0.25, -0.2) is 0 Å². The highest BCUT2D eigenvalue weighted by Gasteiger charge is 2.23. The molecule has 2 aromatic rings. The molecule has 160 valence electrons. The molecule has 2 aliphatic rings. The Balaban J connectivity index is 1.63. The Bertz CT molecular complexity index is 845. The first-order chi connectivity index (χ1) is 14.7. The average molecular weight is 402 g/mol. The van der Waals surface area contributed by atoms with Crippen molar-refractivity contribution in [3.8, 4) is 0 Å². The van der Waals surface area contributed by atoms with Gasteiger partial charge in [-0.2, -0.15) is 0 Å². The normalized spacial score (nSPS) is 15.6. The van der Waals surface area contributed by atoms with Crippen molar-refractivity contribution in [3.63, 3.8) is 0 Å². The van der Waals surface area contributed by atoms with E-state index < -0.39 is 0 Å². The summed E-state index contributed by atoms with van der Waals surface area (Å²) in [4.78, 5) is 2.63. The largest absolute Gasteiger partial charge is 0.371 e. The zero-order chi connectivity index (χ0) is 20.9. The van der Waals surface area contributed by atoms with Gasteiger partial charge in [0.1, 0.15) is 0 Å². The number of nitrogens with zero attached hydrogens (tertiary/aromatic N) is 1. The quantitative estimate of drug-likeness (QED) is 0.413. The van der Waals surface area contributed by atoms with Crippen molar-refractivity contribution in [2.45, 2.75) is 85.0 Å². The highest BCUT2D eigenvalue weighted by atomic mass is 15.1. The molecule has 1 nitrogen and oxygen atoms in total. The van der Waals surface area contributed by atoms with E-state index in [0.29, 0.717) is 0 Å². The number of anilines is 1. The molecular formula is C29H39N. The van der Waals surface area contributed by atoms with E-state index in [0.717, 1.165) is 0 Å². The van der Waals surface area contributed by atoms with Crippen molar-refractivity contribution >= 4 is 17.8 Å². The Hall–Kier alpha value is -2.02. The number of benzene rings is 2. The van der Waals surface area contributed by atoms with Crippen molar-refractivity contribution in [3.05, 3.63) is 63.2 Å². The summed E-state index contributed by atoms with van der Waals surface area (Å²) in [6.07, 6.45) is 17.3. The van der Waals surface area contributed by atoms with E-state index in [4.69, 9.17) is 0 Å². The molecule has 2 aromatic carbocycles. The standard InChI is InChI=1S/C29H39N/c1-4-6-10-25-18-23(19-26(22(25)3)11-7-5-2)14-15-24-20-27-12-8-16-30-17-9-13-28(21-24)29(27)30/h14-15,18-21H,4-13,16-17H2,1-3H3/b15-14+. The van der Waals surface area contributed by atoms with Crippen LogP contribution in [-0.2, 0) is 25.7 Å². The zero-order valence-electron chi connectivity index (χ0n) is 19.4. The minimum atomic E-state index is 1.21. The summed E-state index contributed by atoms with van der Waals surface area (Å²) in [7, 11) is 0. The molecule has 2 heterocycles. The van der Waals surface area contributed by atoms with Gasteiger partial charge >= 0.3 is 0 Å². The van der Waals surface area contributed by atoms with Crippen LogP contribution in [0.25, 0.3) is 12.2 Å². The second-order valence-electron chi connectivity index (χ2n) is 9.39. The van der Waals surface area contributed by atoms with Gasteiger partial charge in [0.25, 0.3) is 0 Å². The molecule has 0 spiro atoms. The smallest absolute Gasteiger partial charge is 0.0431 e. The van der Waals surface area contributed by atoms with E-state index in [2.05, 4.69) is 62.1 Å². The van der Waals surface area contributed by atoms with E-state index in [-0.39, 0.29) is 0 Å². The van der Waals surface area contributed by atoms with Crippen LogP contribution in [0.5, 0.6) is 0 Å². The van der Waals surface area contributed by atoms with Crippen molar-refractivity contribution in [1.82, 2.24) is 0 Å². The molecule has 0 saturated heterocycles. The SMILES string of the molecule is CCCCc1cc(/C=C/c2cc3c4c(c2)CCCN4CCC3)cc(CCCC)c1C. The molecule has 0 aromatic heterocycles. The first kappa shape index (κ1) is 21.2. The number of hydrogen-bond donors (Lipinski definition) is 0. The van der Waals surface area contributed by atoms with Gasteiger partial charge in [0, 0.05) is 18.8 Å². The summed E-state index contributed by atoms with van der Waals surface area (Å²) in [5, 5.41) is 0. The van der Waals surface area contributed by atoms with Crippen LogP contribution in [0.15, 0.2) is 24.3 Å². The molecule has 0 radical (unpaired) electrons. The fourth-order valence-corrected chi connectivity index (χ4v) is 5.34. The summed E-state index contributed by atoms with van der Waals surface area (Å²) in [6.45, 7) is 9.42. The fourth-order valence-electron chi connectivity index (χ4n) is 5.34. The van der Waals surface area contributed by atoms with Crippen LogP contribution in [-0.4, -0.2) is 13.1 Å². The molecule has 0 fully saturated rings. The van der Waals surface area contributed by atoms with Gasteiger partial charge in [0.15, 0.2) is 0 Å². The van der Waals surface area contributed by atoms with Crippen molar-refractivity contribution in [1.29, 1.82) is 0 Å². The molecular weight excluding hydrogens is 362 g/mol. The van der Waals surface area contributed by atoms with Gasteiger partial charge in [0.2, 0.25) is 0 Å². The Labute approximate surface area is 184 Å². The van der Waals surface area contributed by atoms with Crippen molar-refractivity contribution < 1.29 is 0 Å². The van der Waals surface area contributed by atoms with E-state index in [1.807, 2.05) is 0 Å². The lowest BCUT2D eigenvalue weighted by atomic mass is 9.89. The minimum absolute atomic E-state index is 1.21. The number of aryl methyl sites for hydroxylation is 4. The third-order valence-corrected chi connectivity index (χ3v) is 7.07. The van der Waals surface area contributed by atoms with Crippen LogP contribution in [0.3, 0.4) is 0 Å². The predicted octanol–water partition coefficient (Wildman–Crippen LogP) is 7.55. The van der Waals surface area contributed by atoms with Gasteiger partial charge in [0.05, 0.1) is 0 Å². The Kier molecular flexibility index (Phi) is 6.97. The van der Waals surface area contributed by atoms with Crippen molar-refractivity contribution in [2.24, 2.45) is 0 Å². The molecule has 0 atom stereocenters. The summed E-state index contributed by atoms with van der Waals surface area (Å²) in [5.41, 5.74) is 12.1. The van der Waals surface area contributed by atoms with Gasteiger partial charge in [-0.05, 0) is 109 Å². The third-order valence-electron chi connectivity index (χ3n) is 7.07.